The summed E-state index contributed by atoms with van der Waals surface area (Å²) in [5, 5.41) is 11.0. The van der Waals surface area contributed by atoms with Crippen LogP contribution in [-0.4, -0.2) is 50.8 Å². The molecular formula is C19H19N5O3. The number of hydrogen-bond donors (Lipinski definition) is 1. The van der Waals surface area contributed by atoms with Crippen molar-refractivity contribution in [1.82, 2.24) is 25.2 Å². The van der Waals surface area contributed by atoms with Crippen LogP contribution in [0.25, 0.3) is 5.69 Å². The lowest BCUT2D eigenvalue weighted by molar-refractivity contribution is 0.0697. The molecule has 0 aliphatic carbocycles. The van der Waals surface area contributed by atoms with Gasteiger partial charge in [0, 0.05) is 19.1 Å². The normalized spacial score (nSPS) is 14.9. The quantitative estimate of drug-likeness (QED) is 0.762. The fourth-order valence-corrected chi connectivity index (χ4v) is 3.13. The maximum Gasteiger partial charge on any atom is 0.273 e. The van der Waals surface area contributed by atoms with Gasteiger partial charge < -0.3 is 14.6 Å². The van der Waals surface area contributed by atoms with Crippen molar-refractivity contribution < 1.29 is 14.0 Å². The Kier molecular flexibility index (Phi) is 4.69. The summed E-state index contributed by atoms with van der Waals surface area (Å²) in [5.41, 5.74) is 1.67. The van der Waals surface area contributed by atoms with Gasteiger partial charge in [-0.1, -0.05) is 23.4 Å². The van der Waals surface area contributed by atoms with Crippen molar-refractivity contribution in [3.05, 3.63) is 66.4 Å². The third-order valence-corrected chi connectivity index (χ3v) is 4.63. The summed E-state index contributed by atoms with van der Waals surface area (Å²) >= 11 is 0. The molecule has 3 aromatic rings. The standard InChI is InChI=1S/C19H19N5O3/c25-18(17-12-24(22-21-17)16-4-2-1-3-5-16)20-15-6-9-23(10-7-15)19(26)14-8-11-27-13-14/h1-5,8,11-13,15H,6-7,9-10H2,(H,20,25). The van der Waals surface area contributed by atoms with Crippen LogP contribution in [0.15, 0.2) is 59.5 Å². The van der Waals surface area contributed by atoms with E-state index in [0.717, 1.165) is 5.69 Å². The van der Waals surface area contributed by atoms with E-state index in [-0.39, 0.29) is 23.6 Å². The molecule has 0 unspecified atom stereocenters. The van der Waals surface area contributed by atoms with Crippen LogP contribution in [0.2, 0.25) is 0 Å². The SMILES string of the molecule is O=C(NC1CCN(C(=O)c2ccoc2)CC1)c1cn(-c2ccccc2)nn1. The minimum atomic E-state index is -0.253. The van der Waals surface area contributed by atoms with Crippen molar-refractivity contribution in [2.75, 3.05) is 13.1 Å². The van der Waals surface area contributed by atoms with Gasteiger partial charge in [-0.25, -0.2) is 4.68 Å². The zero-order valence-corrected chi connectivity index (χ0v) is 14.6. The number of hydrogen-bond acceptors (Lipinski definition) is 5. The first-order valence-electron chi connectivity index (χ1n) is 8.81. The van der Waals surface area contributed by atoms with Gasteiger partial charge in [0.2, 0.25) is 0 Å². The molecule has 1 aromatic carbocycles. The first-order valence-corrected chi connectivity index (χ1v) is 8.81. The van der Waals surface area contributed by atoms with Crippen LogP contribution in [0.1, 0.15) is 33.7 Å². The van der Waals surface area contributed by atoms with Gasteiger partial charge in [0.05, 0.1) is 23.7 Å². The lowest BCUT2D eigenvalue weighted by atomic mass is 10.0. The maximum atomic E-state index is 12.4. The van der Waals surface area contributed by atoms with Crippen molar-refractivity contribution in [3.8, 4) is 5.69 Å². The lowest BCUT2D eigenvalue weighted by Gasteiger charge is -2.32. The van der Waals surface area contributed by atoms with Gasteiger partial charge in [0.25, 0.3) is 11.8 Å². The Morgan fingerprint density at radius 3 is 2.59 bits per heavy atom. The van der Waals surface area contributed by atoms with E-state index in [0.29, 0.717) is 31.5 Å². The molecule has 0 radical (unpaired) electrons. The smallest absolute Gasteiger partial charge is 0.273 e. The summed E-state index contributed by atoms with van der Waals surface area (Å²) in [6.07, 6.45) is 5.95. The van der Waals surface area contributed by atoms with E-state index in [1.54, 1.807) is 21.8 Å². The van der Waals surface area contributed by atoms with Crippen LogP contribution in [0.4, 0.5) is 0 Å². The Hall–Kier alpha value is -3.42. The van der Waals surface area contributed by atoms with Gasteiger partial charge in [-0.05, 0) is 31.0 Å². The van der Waals surface area contributed by atoms with Gasteiger partial charge in [-0.3, -0.25) is 9.59 Å². The molecule has 8 nitrogen and oxygen atoms in total. The minimum Gasteiger partial charge on any atom is -0.472 e. The predicted octanol–water partition coefficient (Wildman–Crippen LogP) is 1.89. The maximum absolute atomic E-state index is 12.4. The second-order valence-electron chi connectivity index (χ2n) is 6.44. The van der Waals surface area contributed by atoms with Gasteiger partial charge in [0.1, 0.15) is 6.26 Å². The highest BCUT2D eigenvalue weighted by molar-refractivity contribution is 5.94. The fraction of sp³-hybridized carbons (Fsp3) is 0.263. The van der Waals surface area contributed by atoms with E-state index in [1.807, 2.05) is 30.3 Å². The highest BCUT2D eigenvalue weighted by Gasteiger charge is 2.26. The summed E-state index contributed by atoms with van der Waals surface area (Å²) in [4.78, 5) is 26.5. The first kappa shape index (κ1) is 17.0. The number of nitrogens with zero attached hydrogens (tertiary/aromatic N) is 4. The number of rotatable bonds is 4. The molecule has 138 valence electrons. The molecule has 0 spiro atoms. The van der Waals surface area contributed by atoms with Crippen molar-refractivity contribution in [2.24, 2.45) is 0 Å². The molecule has 0 saturated carbocycles. The molecule has 0 atom stereocenters. The average Bonchev–Trinajstić information content (AvgIpc) is 3.41. The zero-order valence-electron chi connectivity index (χ0n) is 14.6. The molecule has 1 aliphatic heterocycles. The summed E-state index contributed by atoms with van der Waals surface area (Å²) in [6, 6.07) is 11.2. The minimum absolute atomic E-state index is 0.00720. The Morgan fingerprint density at radius 2 is 1.89 bits per heavy atom. The molecular weight excluding hydrogens is 346 g/mol. The molecule has 3 heterocycles. The number of para-hydroxylation sites is 1. The molecule has 4 rings (SSSR count). The molecule has 1 fully saturated rings. The van der Waals surface area contributed by atoms with Gasteiger partial charge in [0.15, 0.2) is 5.69 Å². The summed E-state index contributed by atoms with van der Waals surface area (Å²) < 4.78 is 6.53. The molecule has 1 saturated heterocycles. The summed E-state index contributed by atoms with van der Waals surface area (Å²) in [5.74, 6) is -0.295. The van der Waals surface area contributed by atoms with E-state index in [2.05, 4.69) is 15.6 Å². The number of piperidine rings is 1. The fourth-order valence-electron chi connectivity index (χ4n) is 3.13. The number of aromatic nitrogens is 3. The molecule has 8 heteroatoms. The third-order valence-electron chi connectivity index (χ3n) is 4.63. The first-order chi connectivity index (χ1) is 13.2. The molecule has 0 bridgehead atoms. The van der Waals surface area contributed by atoms with Crippen LogP contribution in [0.5, 0.6) is 0 Å². The number of furan rings is 1. The Morgan fingerprint density at radius 1 is 1.11 bits per heavy atom. The van der Waals surface area contributed by atoms with Gasteiger partial charge >= 0.3 is 0 Å². The van der Waals surface area contributed by atoms with Crippen molar-refractivity contribution >= 4 is 11.8 Å². The van der Waals surface area contributed by atoms with E-state index in [9.17, 15) is 9.59 Å². The monoisotopic (exact) mass is 365 g/mol. The topological polar surface area (TPSA) is 93.3 Å². The van der Waals surface area contributed by atoms with Gasteiger partial charge in [-0.15, -0.1) is 5.10 Å². The Balaban J connectivity index is 1.32. The predicted molar refractivity (Wildman–Crippen MR) is 96.5 cm³/mol. The van der Waals surface area contributed by atoms with Crippen molar-refractivity contribution in [1.29, 1.82) is 0 Å². The molecule has 27 heavy (non-hydrogen) atoms. The number of carbonyl (C=O) groups is 2. The number of amides is 2. The number of likely N-dealkylation sites (tertiary alicyclic amines) is 1. The zero-order chi connectivity index (χ0) is 18.6. The van der Waals surface area contributed by atoms with E-state index in [4.69, 9.17) is 4.42 Å². The number of carbonyl (C=O) groups excluding carboxylic acids is 2. The Labute approximate surface area is 155 Å². The summed E-state index contributed by atoms with van der Waals surface area (Å²) in [7, 11) is 0. The van der Waals surface area contributed by atoms with Crippen LogP contribution < -0.4 is 5.32 Å². The number of benzene rings is 1. The molecule has 2 amide bonds. The largest absolute Gasteiger partial charge is 0.472 e. The summed E-state index contributed by atoms with van der Waals surface area (Å²) in [6.45, 7) is 1.18. The van der Waals surface area contributed by atoms with Crippen LogP contribution in [0.3, 0.4) is 0 Å². The Bertz CT molecular complexity index is 912. The van der Waals surface area contributed by atoms with Crippen LogP contribution >= 0.6 is 0 Å². The van der Waals surface area contributed by atoms with E-state index >= 15 is 0 Å². The molecule has 1 aliphatic rings. The highest BCUT2D eigenvalue weighted by Crippen LogP contribution is 2.15. The van der Waals surface area contributed by atoms with E-state index in [1.165, 1.54) is 12.5 Å². The van der Waals surface area contributed by atoms with Gasteiger partial charge in [-0.2, -0.15) is 0 Å². The highest BCUT2D eigenvalue weighted by atomic mass is 16.3. The average molecular weight is 365 g/mol. The van der Waals surface area contributed by atoms with Crippen molar-refractivity contribution in [3.63, 3.8) is 0 Å². The van der Waals surface area contributed by atoms with E-state index < -0.39 is 0 Å². The molecule has 1 N–H and O–H groups in total. The van der Waals surface area contributed by atoms with Crippen LogP contribution in [0, 0.1) is 0 Å². The molecule has 2 aromatic heterocycles. The van der Waals surface area contributed by atoms with Crippen molar-refractivity contribution in [2.45, 2.75) is 18.9 Å². The second kappa shape index (κ2) is 7.45. The second-order valence-corrected chi connectivity index (χ2v) is 6.44. The lowest BCUT2D eigenvalue weighted by Crippen LogP contribution is -2.46. The number of nitrogens with one attached hydrogen (secondary N) is 1. The van der Waals surface area contributed by atoms with Crippen LogP contribution in [-0.2, 0) is 0 Å². The third kappa shape index (κ3) is 3.74.